The minimum absolute atomic E-state index is 0.0448. The van der Waals surface area contributed by atoms with Gasteiger partial charge in [-0.1, -0.05) is 0 Å². The first kappa shape index (κ1) is 6.44. The smallest absolute Gasteiger partial charge is 0.0699 e. The molecule has 0 saturated heterocycles. The SMILES string of the molecule is C[C@@]1(C#N)C2C3C1[C@@H]1C[C@H]2[C@]31C#N. The molecule has 0 amide bonds. The van der Waals surface area contributed by atoms with E-state index >= 15 is 0 Å². The largest absolute Gasteiger partial charge is 0.198 e. The summed E-state index contributed by atoms with van der Waals surface area (Å²) in [6.45, 7) is 2.11. The zero-order valence-corrected chi connectivity index (χ0v) is 7.49. The molecule has 0 aromatic rings. The first-order chi connectivity index (χ1) is 6.21. The van der Waals surface area contributed by atoms with Gasteiger partial charge in [0.25, 0.3) is 0 Å². The summed E-state index contributed by atoms with van der Waals surface area (Å²) in [5.74, 6) is 3.01. The Kier molecular flexibility index (Phi) is 0.645. The summed E-state index contributed by atoms with van der Waals surface area (Å²) in [4.78, 5) is 0. The fourth-order valence-electron chi connectivity index (χ4n) is 5.32. The fourth-order valence-corrected chi connectivity index (χ4v) is 5.32. The standard InChI is InChI=1S/C11H10N2/c1-10(3-12)7-5-2-6-8(10)9(7)11(5,6)4-13/h5-9H,2H2,1H3/t5-,6+,7?,8?,9?,10-,11+. The Balaban J connectivity index is 1.84. The molecule has 0 aromatic carbocycles. The van der Waals surface area contributed by atoms with E-state index in [1.54, 1.807) is 0 Å². The molecule has 0 heterocycles. The Morgan fingerprint density at radius 2 is 1.69 bits per heavy atom. The van der Waals surface area contributed by atoms with E-state index in [0.29, 0.717) is 29.6 Å². The van der Waals surface area contributed by atoms with E-state index in [1.165, 1.54) is 6.42 Å². The summed E-state index contributed by atoms with van der Waals surface area (Å²) in [5, 5.41) is 18.2. The van der Waals surface area contributed by atoms with Gasteiger partial charge in [-0.3, -0.25) is 0 Å². The molecule has 0 bridgehead atoms. The van der Waals surface area contributed by atoms with Crippen LogP contribution in [0.2, 0.25) is 0 Å². The highest BCUT2D eigenvalue weighted by Gasteiger charge is 2.95. The van der Waals surface area contributed by atoms with Crippen molar-refractivity contribution in [3.63, 3.8) is 0 Å². The van der Waals surface area contributed by atoms with Crippen molar-refractivity contribution in [2.45, 2.75) is 13.3 Å². The number of nitrogens with zero attached hydrogens (tertiary/aromatic N) is 2. The lowest BCUT2D eigenvalue weighted by atomic mass is 9.08. The average molecular weight is 170 g/mol. The lowest BCUT2D eigenvalue weighted by molar-refractivity contribution is -0.462. The minimum atomic E-state index is -0.0448. The molecule has 4 fully saturated rings. The quantitative estimate of drug-likeness (QED) is 0.553. The maximum atomic E-state index is 9.12. The maximum absolute atomic E-state index is 9.12. The summed E-state index contributed by atoms with van der Waals surface area (Å²) < 4.78 is 0. The summed E-state index contributed by atoms with van der Waals surface area (Å²) in [6.07, 6.45) is 1.25. The maximum Gasteiger partial charge on any atom is 0.0699 e. The molecule has 0 aliphatic heterocycles. The second-order valence-electron chi connectivity index (χ2n) is 5.47. The molecule has 0 aromatic heterocycles. The van der Waals surface area contributed by atoms with Crippen molar-refractivity contribution in [3.8, 4) is 12.1 Å². The van der Waals surface area contributed by atoms with E-state index in [4.69, 9.17) is 10.5 Å². The van der Waals surface area contributed by atoms with E-state index in [2.05, 4.69) is 19.1 Å². The van der Waals surface area contributed by atoms with Gasteiger partial charge in [0.15, 0.2) is 0 Å². The molecule has 0 N–H and O–H groups in total. The third-order valence-electron chi connectivity index (χ3n) is 5.75. The van der Waals surface area contributed by atoms with Crippen LogP contribution in [0.1, 0.15) is 13.3 Å². The highest BCUT2D eigenvalue weighted by atomic mass is 15.0. The second kappa shape index (κ2) is 1.30. The van der Waals surface area contributed by atoms with Crippen molar-refractivity contribution in [3.05, 3.63) is 0 Å². The zero-order chi connectivity index (χ0) is 9.01. The number of rotatable bonds is 0. The second-order valence-corrected chi connectivity index (χ2v) is 5.47. The molecule has 64 valence electrons. The van der Waals surface area contributed by atoms with Gasteiger partial charge in [-0.25, -0.2) is 0 Å². The first-order valence-corrected chi connectivity index (χ1v) is 5.04. The van der Waals surface area contributed by atoms with Gasteiger partial charge in [-0.2, -0.15) is 10.5 Å². The molecule has 13 heavy (non-hydrogen) atoms. The van der Waals surface area contributed by atoms with Gasteiger partial charge in [0.1, 0.15) is 0 Å². The molecular weight excluding hydrogens is 160 g/mol. The normalized spacial score (nSPS) is 73.9. The van der Waals surface area contributed by atoms with E-state index in [9.17, 15) is 0 Å². The fraction of sp³-hybridized carbons (Fsp3) is 0.818. The molecule has 4 aliphatic carbocycles. The Hall–Kier alpha value is -1.02. The van der Waals surface area contributed by atoms with Crippen molar-refractivity contribution in [1.29, 1.82) is 10.5 Å². The van der Waals surface area contributed by atoms with E-state index in [1.807, 2.05) is 0 Å². The molecule has 0 radical (unpaired) electrons. The Labute approximate surface area is 77.2 Å². The van der Waals surface area contributed by atoms with Gasteiger partial charge in [0.05, 0.1) is 23.0 Å². The molecule has 7 atom stereocenters. The van der Waals surface area contributed by atoms with Crippen LogP contribution in [0.5, 0.6) is 0 Å². The highest BCUT2D eigenvalue weighted by Crippen LogP contribution is 2.95. The zero-order valence-electron chi connectivity index (χ0n) is 7.49. The summed E-state index contributed by atoms with van der Waals surface area (Å²) in [7, 11) is 0. The molecular formula is C11H10N2. The number of fused-ring (bicyclic) bond motifs is 2. The number of hydrogen-bond acceptors (Lipinski definition) is 2. The van der Waals surface area contributed by atoms with Gasteiger partial charge in [0, 0.05) is 0 Å². The Bertz CT molecular complexity index is 379. The predicted molar refractivity (Wildman–Crippen MR) is 43.8 cm³/mol. The van der Waals surface area contributed by atoms with E-state index < -0.39 is 0 Å². The molecule has 4 aliphatic rings. The van der Waals surface area contributed by atoms with Crippen LogP contribution in [0.15, 0.2) is 0 Å². The highest BCUT2D eigenvalue weighted by molar-refractivity contribution is 5.47. The van der Waals surface area contributed by atoms with Gasteiger partial charge in [-0.15, -0.1) is 0 Å². The van der Waals surface area contributed by atoms with Gasteiger partial charge < -0.3 is 0 Å². The van der Waals surface area contributed by atoms with Crippen LogP contribution in [-0.4, -0.2) is 0 Å². The first-order valence-electron chi connectivity index (χ1n) is 5.04. The molecule has 4 saturated carbocycles. The van der Waals surface area contributed by atoms with Crippen molar-refractivity contribution in [2.75, 3.05) is 0 Å². The summed E-state index contributed by atoms with van der Waals surface area (Å²) in [5.41, 5.74) is 0.0442. The lowest BCUT2D eigenvalue weighted by Crippen LogP contribution is -2.92. The predicted octanol–water partition coefficient (Wildman–Crippen LogP) is 1.55. The van der Waals surface area contributed by atoms with Crippen molar-refractivity contribution >= 4 is 0 Å². The van der Waals surface area contributed by atoms with Crippen LogP contribution in [0.4, 0.5) is 0 Å². The topological polar surface area (TPSA) is 47.6 Å². The molecule has 2 heteroatoms. The van der Waals surface area contributed by atoms with Crippen molar-refractivity contribution in [1.82, 2.24) is 0 Å². The van der Waals surface area contributed by atoms with Crippen LogP contribution in [-0.2, 0) is 0 Å². The van der Waals surface area contributed by atoms with Crippen LogP contribution in [0.3, 0.4) is 0 Å². The average Bonchev–Trinajstić information content (AvgIpc) is 2.17. The third-order valence-corrected chi connectivity index (χ3v) is 5.75. The summed E-state index contributed by atoms with van der Waals surface area (Å²) in [6, 6.07) is 5.02. The number of nitriles is 2. The van der Waals surface area contributed by atoms with Crippen molar-refractivity contribution < 1.29 is 0 Å². The Morgan fingerprint density at radius 1 is 1.08 bits per heavy atom. The van der Waals surface area contributed by atoms with E-state index in [-0.39, 0.29) is 10.8 Å². The summed E-state index contributed by atoms with van der Waals surface area (Å²) >= 11 is 0. The Morgan fingerprint density at radius 3 is 2.08 bits per heavy atom. The van der Waals surface area contributed by atoms with Crippen LogP contribution < -0.4 is 0 Å². The monoisotopic (exact) mass is 170 g/mol. The lowest BCUT2D eigenvalue weighted by Gasteiger charge is -2.92. The molecule has 3 unspecified atom stereocenters. The van der Waals surface area contributed by atoms with Gasteiger partial charge >= 0.3 is 0 Å². The van der Waals surface area contributed by atoms with Gasteiger partial charge in [-0.05, 0) is 42.9 Å². The van der Waals surface area contributed by atoms with Crippen molar-refractivity contribution in [2.24, 2.45) is 40.4 Å². The molecule has 4 rings (SSSR count). The van der Waals surface area contributed by atoms with Gasteiger partial charge in [0.2, 0.25) is 0 Å². The van der Waals surface area contributed by atoms with Crippen LogP contribution in [0, 0.1) is 63.1 Å². The van der Waals surface area contributed by atoms with Crippen LogP contribution in [0.25, 0.3) is 0 Å². The third kappa shape index (κ3) is 0.293. The minimum Gasteiger partial charge on any atom is -0.198 e. The molecule has 2 nitrogen and oxygen atoms in total. The van der Waals surface area contributed by atoms with E-state index in [0.717, 1.165) is 0 Å². The van der Waals surface area contributed by atoms with Crippen LogP contribution >= 0.6 is 0 Å². The number of hydrogen-bond donors (Lipinski definition) is 0. The molecule has 0 spiro atoms.